The Hall–Kier alpha value is -4.11. The summed E-state index contributed by atoms with van der Waals surface area (Å²) in [7, 11) is -4.41. The molecule has 220 valence electrons. The smallest absolute Gasteiger partial charge is 0.294 e. The van der Waals surface area contributed by atoms with E-state index in [4.69, 9.17) is 10.2 Å². The number of nitrogens with zero attached hydrogens (tertiary/aromatic N) is 1. The second-order valence-corrected chi connectivity index (χ2v) is 10.9. The molecular weight excluding hydrogens is 582 g/mol. The summed E-state index contributed by atoms with van der Waals surface area (Å²) in [6.07, 6.45) is 0. The Kier molecular flexibility index (Phi) is 10.1. The normalized spacial score (nSPS) is 11.2. The number of anilines is 2. The van der Waals surface area contributed by atoms with Gasteiger partial charge in [-0.15, -0.1) is 4.33 Å². The SMILES string of the molecule is CC.O=S(=O)(O)c1ccc2c(NCc3cccc(CNc4ccc(O)c5cc(SOOO)ccc45)n3)ccc(O)c2c1. The van der Waals surface area contributed by atoms with Gasteiger partial charge in [-0.3, -0.25) is 9.54 Å². The Morgan fingerprint density at radius 3 is 1.86 bits per heavy atom. The molecule has 0 atom stereocenters. The predicted molar refractivity (Wildman–Crippen MR) is 162 cm³/mol. The quantitative estimate of drug-likeness (QED) is 0.0324. The molecular formula is C29H29N3O8S2. The number of hydrogen-bond donors (Lipinski definition) is 6. The molecule has 0 bridgehead atoms. The van der Waals surface area contributed by atoms with Gasteiger partial charge in [0.05, 0.1) is 41.4 Å². The standard InChI is InChI=1S/C27H23N3O8S2.C2H6/c31-26-10-8-24(20-6-4-18(12-22(20)26)39-38-37-33)28-14-16-2-1-3-17(30-16)15-29-25-9-11-27(32)23-13-19(40(34,35)36)5-7-21(23)25;1-2/h1-13,28-29,31-33H,14-15H2,(H,34,35,36);1-2H3. The van der Waals surface area contributed by atoms with Crippen LogP contribution in [-0.4, -0.2) is 33.4 Å². The molecule has 42 heavy (non-hydrogen) atoms. The Morgan fingerprint density at radius 2 is 1.31 bits per heavy atom. The number of fused-ring (bicyclic) bond motifs is 2. The molecule has 0 unspecified atom stereocenters. The van der Waals surface area contributed by atoms with Crippen LogP contribution in [0.5, 0.6) is 11.5 Å². The van der Waals surface area contributed by atoms with Crippen molar-refractivity contribution in [1.82, 2.24) is 4.98 Å². The maximum atomic E-state index is 11.5. The Balaban J connectivity index is 0.00000198. The van der Waals surface area contributed by atoms with Gasteiger partial charge in [-0.1, -0.05) is 37.1 Å². The molecule has 0 fully saturated rings. The lowest BCUT2D eigenvalue weighted by Crippen LogP contribution is -2.07. The Labute approximate surface area is 246 Å². The first-order valence-corrected chi connectivity index (χ1v) is 15.0. The predicted octanol–water partition coefficient (Wildman–Crippen LogP) is 6.72. The van der Waals surface area contributed by atoms with Crippen molar-refractivity contribution in [1.29, 1.82) is 0 Å². The summed E-state index contributed by atoms with van der Waals surface area (Å²) in [4.78, 5) is 5.02. The van der Waals surface area contributed by atoms with Crippen LogP contribution in [0.2, 0.25) is 0 Å². The van der Waals surface area contributed by atoms with Gasteiger partial charge in [-0.2, -0.15) is 8.42 Å². The second kappa shape index (κ2) is 13.7. The van der Waals surface area contributed by atoms with E-state index in [0.717, 1.165) is 34.5 Å². The zero-order chi connectivity index (χ0) is 30.3. The summed E-state index contributed by atoms with van der Waals surface area (Å²) in [5, 5.41) is 41.4. The lowest BCUT2D eigenvalue weighted by atomic mass is 10.1. The van der Waals surface area contributed by atoms with Crippen LogP contribution in [0.4, 0.5) is 11.4 Å². The van der Waals surface area contributed by atoms with Crippen LogP contribution in [0, 0.1) is 0 Å². The van der Waals surface area contributed by atoms with Gasteiger partial charge in [0.1, 0.15) is 11.5 Å². The second-order valence-electron chi connectivity index (χ2n) is 8.71. The third kappa shape index (κ3) is 7.20. The molecule has 11 nitrogen and oxygen atoms in total. The maximum absolute atomic E-state index is 11.5. The molecule has 0 amide bonds. The van der Waals surface area contributed by atoms with E-state index in [1.165, 1.54) is 24.3 Å². The number of phenolic OH excluding ortho intramolecular Hbond substituents is 2. The fraction of sp³-hybridized carbons (Fsp3) is 0.138. The van der Waals surface area contributed by atoms with Gasteiger partial charge in [0.15, 0.2) is 0 Å². The minimum atomic E-state index is -4.41. The lowest BCUT2D eigenvalue weighted by Gasteiger charge is -2.13. The third-order valence-electron chi connectivity index (χ3n) is 6.17. The number of pyridine rings is 1. The number of benzene rings is 4. The molecule has 6 N–H and O–H groups in total. The van der Waals surface area contributed by atoms with Gasteiger partial charge in [0.2, 0.25) is 0 Å². The van der Waals surface area contributed by atoms with Gasteiger partial charge in [-0.25, -0.2) is 5.26 Å². The molecule has 0 aliphatic heterocycles. The highest BCUT2D eigenvalue weighted by molar-refractivity contribution is 7.94. The maximum Gasteiger partial charge on any atom is 0.294 e. The third-order valence-corrected chi connectivity index (χ3v) is 7.60. The number of hydrogen-bond acceptors (Lipinski definition) is 11. The molecule has 0 radical (unpaired) electrons. The van der Waals surface area contributed by atoms with Crippen LogP contribution >= 0.6 is 12.0 Å². The molecule has 0 saturated carbocycles. The van der Waals surface area contributed by atoms with Crippen molar-refractivity contribution in [2.45, 2.75) is 36.7 Å². The van der Waals surface area contributed by atoms with E-state index in [9.17, 15) is 23.2 Å². The zero-order valence-corrected chi connectivity index (χ0v) is 24.2. The van der Waals surface area contributed by atoms with Crippen LogP contribution in [0.25, 0.3) is 21.5 Å². The van der Waals surface area contributed by atoms with E-state index >= 15 is 0 Å². The molecule has 1 heterocycles. The first-order chi connectivity index (χ1) is 20.2. The molecule has 0 aliphatic rings. The summed E-state index contributed by atoms with van der Waals surface area (Å²) >= 11 is 0.801. The van der Waals surface area contributed by atoms with E-state index in [0.29, 0.717) is 34.4 Å². The van der Waals surface area contributed by atoms with Gasteiger partial charge < -0.3 is 20.8 Å². The highest BCUT2D eigenvalue weighted by Gasteiger charge is 2.14. The lowest BCUT2D eigenvalue weighted by molar-refractivity contribution is -0.432. The molecule has 4 aromatic carbocycles. The molecule has 13 heteroatoms. The zero-order valence-electron chi connectivity index (χ0n) is 22.6. The van der Waals surface area contributed by atoms with E-state index < -0.39 is 10.1 Å². The number of aromatic hydroxyl groups is 2. The fourth-order valence-electron chi connectivity index (χ4n) is 4.30. The van der Waals surface area contributed by atoms with Crippen molar-refractivity contribution in [3.05, 3.63) is 90.3 Å². The first kappa shape index (κ1) is 30.8. The van der Waals surface area contributed by atoms with E-state index in [1.54, 1.807) is 30.3 Å². The summed E-state index contributed by atoms with van der Waals surface area (Å²) in [5.41, 5.74) is 2.96. The minimum absolute atomic E-state index is 0.0927. The summed E-state index contributed by atoms with van der Waals surface area (Å²) < 4.78 is 36.8. The molecule has 1 aromatic heterocycles. The van der Waals surface area contributed by atoms with Crippen molar-refractivity contribution < 1.29 is 37.8 Å². The molecule has 5 aromatic rings. The molecule has 0 spiro atoms. The van der Waals surface area contributed by atoms with Crippen LogP contribution in [0.3, 0.4) is 0 Å². The Bertz CT molecular complexity index is 1820. The number of phenols is 2. The van der Waals surface area contributed by atoms with Crippen molar-refractivity contribution in [2.75, 3.05) is 10.6 Å². The number of aromatic nitrogens is 1. The first-order valence-electron chi connectivity index (χ1n) is 12.8. The topological polar surface area (TPSA) is 170 Å². The fourth-order valence-corrected chi connectivity index (χ4v) is 5.20. The number of rotatable bonds is 10. The molecule has 0 saturated heterocycles. The Morgan fingerprint density at radius 1 is 0.762 bits per heavy atom. The largest absolute Gasteiger partial charge is 0.507 e. The van der Waals surface area contributed by atoms with E-state index in [2.05, 4.69) is 20.0 Å². The van der Waals surface area contributed by atoms with Gasteiger partial charge >= 0.3 is 0 Å². The van der Waals surface area contributed by atoms with Crippen molar-refractivity contribution in [3.8, 4) is 11.5 Å². The number of nitrogens with one attached hydrogen (secondary N) is 2. The monoisotopic (exact) mass is 611 g/mol. The molecule has 0 aliphatic carbocycles. The average Bonchev–Trinajstić information content (AvgIpc) is 3.00. The van der Waals surface area contributed by atoms with E-state index in [-0.39, 0.29) is 21.8 Å². The van der Waals surface area contributed by atoms with Crippen molar-refractivity contribution in [2.24, 2.45) is 0 Å². The minimum Gasteiger partial charge on any atom is -0.507 e. The van der Waals surface area contributed by atoms with Gasteiger partial charge in [0, 0.05) is 37.8 Å². The van der Waals surface area contributed by atoms with Crippen LogP contribution in [-0.2, 0) is 32.6 Å². The highest BCUT2D eigenvalue weighted by Crippen LogP contribution is 2.35. The van der Waals surface area contributed by atoms with Crippen molar-refractivity contribution >= 4 is 55.1 Å². The molecule has 5 rings (SSSR count). The van der Waals surface area contributed by atoms with Crippen LogP contribution in [0.15, 0.2) is 88.7 Å². The van der Waals surface area contributed by atoms with Gasteiger partial charge in [0.25, 0.3) is 10.1 Å². The summed E-state index contributed by atoms with van der Waals surface area (Å²) in [6.45, 7) is 4.77. The van der Waals surface area contributed by atoms with E-state index in [1.807, 2.05) is 38.1 Å². The average molecular weight is 612 g/mol. The van der Waals surface area contributed by atoms with Crippen LogP contribution < -0.4 is 10.6 Å². The summed E-state index contributed by atoms with van der Waals surface area (Å²) in [6, 6.07) is 21.4. The highest BCUT2D eigenvalue weighted by atomic mass is 32.2. The summed E-state index contributed by atoms with van der Waals surface area (Å²) in [5.74, 6) is -0.0171. The van der Waals surface area contributed by atoms with Gasteiger partial charge in [-0.05, 0) is 60.7 Å². The van der Waals surface area contributed by atoms with Crippen molar-refractivity contribution in [3.63, 3.8) is 0 Å². The van der Waals surface area contributed by atoms with Crippen LogP contribution in [0.1, 0.15) is 25.2 Å².